The molecule has 14 heavy (non-hydrogen) atoms. The Morgan fingerprint density at radius 2 is 1.79 bits per heavy atom. The van der Waals surface area contributed by atoms with Crippen LogP contribution in [0.2, 0.25) is 0 Å². The van der Waals surface area contributed by atoms with Crippen LogP contribution in [0.3, 0.4) is 0 Å². The highest BCUT2D eigenvalue weighted by atomic mass is 16.5. The Morgan fingerprint density at radius 1 is 1.21 bits per heavy atom. The highest BCUT2D eigenvalue weighted by Gasteiger charge is 2.35. The van der Waals surface area contributed by atoms with Crippen LogP contribution in [0.25, 0.3) is 0 Å². The molecule has 0 amide bonds. The zero-order valence-electron chi connectivity index (χ0n) is 9.94. The first-order chi connectivity index (χ1) is 6.47. The molecule has 1 fully saturated rings. The molecule has 0 spiro atoms. The summed E-state index contributed by atoms with van der Waals surface area (Å²) in [4.78, 5) is 0. The van der Waals surface area contributed by atoms with Crippen molar-refractivity contribution in [2.75, 3.05) is 19.8 Å². The number of hydrogen-bond acceptors (Lipinski definition) is 2. The molecule has 0 aromatic heterocycles. The summed E-state index contributed by atoms with van der Waals surface area (Å²) >= 11 is 0. The molecule has 1 aliphatic rings. The zero-order chi connectivity index (χ0) is 10.7. The van der Waals surface area contributed by atoms with E-state index in [0.717, 1.165) is 26.2 Å². The minimum absolute atomic E-state index is 0.409. The molecule has 1 aliphatic heterocycles. The van der Waals surface area contributed by atoms with Gasteiger partial charge < -0.3 is 10.5 Å². The monoisotopic (exact) mass is 199 g/mol. The Balaban J connectivity index is 2.60. The molecule has 1 saturated heterocycles. The van der Waals surface area contributed by atoms with Crippen LogP contribution in [0.15, 0.2) is 0 Å². The van der Waals surface area contributed by atoms with E-state index in [2.05, 4.69) is 20.8 Å². The third-order valence-corrected chi connectivity index (χ3v) is 3.13. The van der Waals surface area contributed by atoms with Gasteiger partial charge in [0.05, 0.1) is 0 Å². The standard InChI is InChI=1S/C12H25NO/c1-11(2,3)10-12(4-7-13)5-8-14-9-6-12/h4-10,13H2,1-3H3. The Bertz CT molecular complexity index is 160. The summed E-state index contributed by atoms with van der Waals surface area (Å²) in [7, 11) is 0. The average molecular weight is 199 g/mol. The van der Waals surface area contributed by atoms with Gasteiger partial charge in [0.1, 0.15) is 0 Å². The normalized spacial score (nSPS) is 22.3. The third-order valence-electron chi connectivity index (χ3n) is 3.13. The fraction of sp³-hybridized carbons (Fsp3) is 1.00. The van der Waals surface area contributed by atoms with E-state index in [9.17, 15) is 0 Å². The van der Waals surface area contributed by atoms with Gasteiger partial charge in [-0.15, -0.1) is 0 Å². The molecule has 0 atom stereocenters. The van der Waals surface area contributed by atoms with E-state index in [1.807, 2.05) is 0 Å². The van der Waals surface area contributed by atoms with Crippen LogP contribution < -0.4 is 5.73 Å². The first-order valence-electron chi connectivity index (χ1n) is 5.75. The fourth-order valence-corrected chi connectivity index (χ4v) is 2.75. The van der Waals surface area contributed by atoms with E-state index < -0.39 is 0 Å². The summed E-state index contributed by atoms with van der Waals surface area (Å²) in [5.41, 5.74) is 6.60. The van der Waals surface area contributed by atoms with E-state index in [-0.39, 0.29) is 0 Å². The summed E-state index contributed by atoms with van der Waals surface area (Å²) < 4.78 is 5.44. The van der Waals surface area contributed by atoms with Crippen LogP contribution in [0.4, 0.5) is 0 Å². The maximum Gasteiger partial charge on any atom is 0.0471 e. The summed E-state index contributed by atoms with van der Waals surface area (Å²) in [6.45, 7) is 9.63. The largest absolute Gasteiger partial charge is 0.381 e. The minimum Gasteiger partial charge on any atom is -0.381 e. The summed E-state index contributed by atoms with van der Waals surface area (Å²) in [5.74, 6) is 0. The second kappa shape index (κ2) is 4.63. The molecular weight excluding hydrogens is 174 g/mol. The number of hydrogen-bond donors (Lipinski definition) is 1. The van der Waals surface area contributed by atoms with Gasteiger partial charge in [-0.3, -0.25) is 0 Å². The second-order valence-corrected chi connectivity index (χ2v) is 5.89. The van der Waals surface area contributed by atoms with Gasteiger partial charge in [0.2, 0.25) is 0 Å². The predicted octanol–water partition coefficient (Wildman–Crippen LogP) is 2.57. The molecule has 2 N–H and O–H groups in total. The molecule has 0 aromatic rings. The van der Waals surface area contributed by atoms with E-state index >= 15 is 0 Å². The van der Waals surface area contributed by atoms with Crippen molar-refractivity contribution < 1.29 is 4.74 Å². The van der Waals surface area contributed by atoms with Crippen molar-refractivity contribution in [3.63, 3.8) is 0 Å². The Labute approximate surface area is 88.2 Å². The quantitative estimate of drug-likeness (QED) is 0.758. The molecule has 1 heterocycles. The molecule has 84 valence electrons. The summed E-state index contributed by atoms with van der Waals surface area (Å²) in [6, 6.07) is 0. The van der Waals surface area contributed by atoms with Crippen LogP contribution in [0.5, 0.6) is 0 Å². The van der Waals surface area contributed by atoms with Crippen LogP contribution in [0, 0.1) is 10.8 Å². The van der Waals surface area contributed by atoms with Gasteiger partial charge in [-0.1, -0.05) is 20.8 Å². The lowest BCUT2D eigenvalue weighted by Crippen LogP contribution is -2.35. The number of nitrogens with two attached hydrogens (primary N) is 1. The maximum absolute atomic E-state index is 5.72. The highest BCUT2D eigenvalue weighted by Crippen LogP contribution is 2.43. The van der Waals surface area contributed by atoms with Crippen molar-refractivity contribution in [1.29, 1.82) is 0 Å². The van der Waals surface area contributed by atoms with E-state index in [4.69, 9.17) is 10.5 Å². The van der Waals surface area contributed by atoms with Gasteiger partial charge in [0.15, 0.2) is 0 Å². The van der Waals surface area contributed by atoms with Crippen molar-refractivity contribution >= 4 is 0 Å². The van der Waals surface area contributed by atoms with Gasteiger partial charge in [-0.05, 0) is 43.1 Å². The van der Waals surface area contributed by atoms with Crippen molar-refractivity contribution in [3.05, 3.63) is 0 Å². The van der Waals surface area contributed by atoms with Gasteiger partial charge in [-0.2, -0.15) is 0 Å². The first-order valence-corrected chi connectivity index (χ1v) is 5.75. The van der Waals surface area contributed by atoms with Crippen molar-refractivity contribution in [3.8, 4) is 0 Å². The maximum atomic E-state index is 5.72. The summed E-state index contributed by atoms with van der Waals surface area (Å²) in [6.07, 6.45) is 4.83. The van der Waals surface area contributed by atoms with E-state index in [1.54, 1.807) is 0 Å². The molecule has 2 heteroatoms. The molecule has 0 aliphatic carbocycles. The lowest BCUT2D eigenvalue weighted by atomic mass is 9.67. The molecule has 2 nitrogen and oxygen atoms in total. The van der Waals surface area contributed by atoms with Gasteiger partial charge >= 0.3 is 0 Å². The van der Waals surface area contributed by atoms with E-state index in [1.165, 1.54) is 19.3 Å². The molecular formula is C12H25NO. The third kappa shape index (κ3) is 3.58. The molecule has 0 saturated carbocycles. The predicted molar refractivity (Wildman–Crippen MR) is 60.2 cm³/mol. The lowest BCUT2D eigenvalue weighted by Gasteiger charge is -2.41. The second-order valence-electron chi connectivity index (χ2n) is 5.89. The number of rotatable bonds is 3. The topological polar surface area (TPSA) is 35.2 Å². The van der Waals surface area contributed by atoms with Gasteiger partial charge in [0.25, 0.3) is 0 Å². The van der Waals surface area contributed by atoms with Crippen molar-refractivity contribution in [2.45, 2.75) is 46.5 Å². The van der Waals surface area contributed by atoms with Crippen LogP contribution in [-0.2, 0) is 4.74 Å². The number of ether oxygens (including phenoxy) is 1. The average Bonchev–Trinajstić information content (AvgIpc) is 2.02. The van der Waals surface area contributed by atoms with Crippen LogP contribution >= 0.6 is 0 Å². The van der Waals surface area contributed by atoms with Crippen LogP contribution in [0.1, 0.15) is 46.5 Å². The molecule has 0 unspecified atom stereocenters. The van der Waals surface area contributed by atoms with Crippen LogP contribution in [-0.4, -0.2) is 19.8 Å². The molecule has 0 radical (unpaired) electrons. The van der Waals surface area contributed by atoms with Gasteiger partial charge in [-0.25, -0.2) is 0 Å². The summed E-state index contributed by atoms with van der Waals surface area (Å²) in [5, 5.41) is 0. The van der Waals surface area contributed by atoms with Gasteiger partial charge in [0, 0.05) is 13.2 Å². The molecule has 0 bridgehead atoms. The molecule has 0 aromatic carbocycles. The smallest absolute Gasteiger partial charge is 0.0471 e. The Morgan fingerprint density at radius 3 is 2.21 bits per heavy atom. The van der Waals surface area contributed by atoms with Crippen molar-refractivity contribution in [2.24, 2.45) is 16.6 Å². The highest BCUT2D eigenvalue weighted by molar-refractivity contribution is 4.86. The lowest BCUT2D eigenvalue weighted by molar-refractivity contribution is -0.00947. The minimum atomic E-state index is 0.409. The Hall–Kier alpha value is -0.0800. The molecule has 1 rings (SSSR count). The zero-order valence-corrected chi connectivity index (χ0v) is 9.94. The fourth-order valence-electron chi connectivity index (χ4n) is 2.75. The first kappa shape index (κ1) is 12.0. The van der Waals surface area contributed by atoms with Crippen molar-refractivity contribution in [1.82, 2.24) is 0 Å². The SMILES string of the molecule is CC(C)(C)CC1(CCN)CCOCC1. The Kier molecular flexibility index (Phi) is 3.96. The van der Waals surface area contributed by atoms with E-state index in [0.29, 0.717) is 10.8 Å².